The fourth-order valence-electron chi connectivity index (χ4n) is 2.97. The van der Waals surface area contributed by atoms with Crippen LogP contribution in [0.25, 0.3) is 10.8 Å². The van der Waals surface area contributed by atoms with Crippen LogP contribution in [0.5, 0.6) is 0 Å². The summed E-state index contributed by atoms with van der Waals surface area (Å²) in [5, 5.41) is 1.16. The summed E-state index contributed by atoms with van der Waals surface area (Å²) in [5.41, 5.74) is 0. The third kappa shape index (κ3) is 2.57. The summed E-state index contributed by atoms with van der Waals surface area (Å²) in [6.07, 6.45) is 4.21. The number of hydrogen-bond acceptors (Lipinski definition) is 6. The molecule has 2 saturated heterocycles. The number of hydrogen-bond donors (Lipinski definition) is 0. The molecule has 5 nitrogen and oxygen atoms in total. The van der Waals surface area contributed by atoms with Gasteiger partial charge in [-0.1, -0.05) is 0 Å². The van der Waals surface area contributed by atoms with E-state index in [0.29, 0.717) is 15.9 Å². The first-order valence-corrected chi connectivity index (χ1v) is 9.19. The second-order valence-electron chi connectivity index (χ2n) is 5.35. The van der Waals surface area contributed by atoms with Crippen LogP contribution in [-0.2, 0) is 4.74 Å². The largest absolute Gasteiger partial charge is 0.462 e. The molecule has 0 N–H and O–H groups in total. The average molecular weight is 336 g/mol. The van der Waals surface area contributed by atoms with Gasteiger partial charge in [-0.3, -0.25) is 4.79 Å². The van der Waals surface area contributed by atoms with Crippen molar-refractivity contribution in [1.82, 2.24) is 9.88 Å². The van der Waals surface area contributed by atoms with Crippen molar-refractivity contribution < 1.29 is 13.9 Å². The van der Waals surface area contributed by atoms with Gasteiger partial charge in [0.05, 0.1) is 19.1 Å². The van der Waals surface area contributed by atoms with Crippen LogP contribution in [0, 0.1) is 0 Å². The Morgan fingerprint density at radius 1 is 1.45 bits per heavy atom. The molecule has 2 aliphatic rings. The summed E-state index contributed by atoms with van der Waals surface area (Å²) in [5.74, 6) is 1.77. The lowest BCUT2D eigenvalue weighted by atomic mass is 10.1. The molecule has 2 atom stereocenters. The summed E-state index contributed by atoms with van der Waals surface area (Å²) in [4.78, 5) is 19.9. The SMILES string of the molecule is O=C(c1cnc(-c2ccco2)s1)N1CCSC2COCCC21. The molecule has 0 spiro atoms. The lowest BCUT2D eigenvalue weighted by Gasteiger charge is -2.43. The Kier molecular flexibility index (Phi) is 3.94. The summed E-state index contributed by atoms with van der Waals surface area (Å²) in [6.45, 7) is 2.30. The molecule has 4 rings (SSSR count). The highest BCUT2D eigenvalue weighted by molar-refractivity contribution is 8.00. The maximum atomic E-state index is 12.9. The second-order valence-corrected chi connectivity index (χ2v) is 7.72. The summed E-state index contributed by atoms with van der Waals surface area (Å²) in [6, 6.07) is 3.97. The third-order valence-corrected chi connectivity index (χ3v) is 6.34. The molecule has 0 saturated carbocycles. The van der Waals surface area contributed by atoms with Crippen molar-refractivity contribution in [3.63, 3.8) is 0 Å². The number of rotatable bonds is 2. The number of furan rings is 1. The van der Waals surface area contributed by atoms with Crippen molar-refractivity contribution in [1.29, 1.82) is 0 Å². The zero-order valence-electron chi connectivity index (χ0n) is 11.9. The molecule has 1 amide bonds. The van der Waals surface area contributed by atoms with Crippen molar-refractivity contribution in [2.24, 2.45) is 0 Å². The molecule has 4 heterocycles. The third-order valence-electron chi connectivity index (χ3n) is 4.04. The van der Waals surface area contributed by atoms with Gasteiger partial charge in [0.25, 0.3) is 5.91 Å². The molecule has 2 aliphatic heterocycles. The van der Waals surface area contributed by atoms with Crippen LogP contribution in [0.1, 0.15) is 16.1 Å². The van der Waals surface area contributed by atoms with Crippen LogP contribution in [0.4, 0.5) is 0 Å². The average Bonchev–Trinajstić information content (AvgIpc) is 3.24. The van der Waals surface area contributed by atoms with Crippen LogP contribution in [-0.4, -0.2) is 52.6 Å². The van der Waals surface area contributed by atoms with E-state index in [1.54, 1.807) is 12.5 Å². The summed E-state index contributed by atoms with van der Waals surface area (Å²) < 4.78 is 10.9. The molecule has 2 unspecified atom stereocenters. The van der Waals surface area contributed by atoms with Crippen LogP contribution in [0.3, 0.4) is 0 Å². The standard InChI is InChI=1S/C15H16N2O3S2/c18-15(12-8-16-14(22-12)11-2-1-5-20-11)17-4-7-21-13-9-19-6-3-10(13)17/h1-2,5,8,10,13H,3-4,6-7,9H2. The van der Waals surface area contributed by atoms with E-state index in [0.717, 1.165) is 36.9 Å². The predicted octanol–water partition coefficient (Wildman–Crippen LogP) is 2.75. The number of carbonyl (C=O) groups is 1. The number of amides is 1. The number of fused-ring (bicyclic) bond motifs is 1. The lowest BCUT2D eigenvalue weighted by molar-refractivity contribution is 0.0322. The first-order chi connectivity index (χ1) is 10.8. The first kappa shape index (κ1) is 14.3. The Balaban J connectivity index is 1.56. The van der Waals surface area contributed by atoms with Gasteiger partial charge in [0.2, 0.25) is 0 Å². The Morgan fingerprint density at radius 3 is 3.27 bits per heavy atom. The molecule has 2 aromatic rings. The number of thioether (sulfide) groups is 1. The summed E-state index contributed by atoms with van der Waals surface area (Å²) in [7, 11) is 0. The van der Waals surface area contributed by atoms with E-state index >= 15 is 0 Å². The van der Waals surface area contributed by atoms with Gasteiger partial charge in [0, 0.05) is 30.2 Å². The van der Waals surface area contributed by atoms with Gasteiger partial charge in [-0.2, -0.15) is 11.8 Å². The van der Waals surface area contributed by atoms with Gasteiger partial charge in [0.15, 0.2) is 10.8 Å². The van der Waals surface area contributed by atoms with E-state index in [2.05, 4.69) is 4.98 Å². The predicted molar refractivity (Wildman–Crippen MR) is 86.3 cm³/mol. The zero-order valence-corrected chi connectivity index (χ0v) is 13.6. The van der Waals surface area contributed by atoms with E-state index in [1.165, 1.54) is 11.3 Å². The molecule has 0 radical (unpaired) electrons. The Hall–Kier alpha value is -1.31. The Labute approximate surface area is 136 Å². The smallest absolute Gasteiger partial charge is 0.265 e. The molecular formula is C15H16N2O3S2. The van der Waals surface area contributed by atoms with E-state index < -0.39 is 0 Å². The summed E-state index contributed by atoms with van der Waals surface area (Å²) >= 11 is 3.32. The van der Waals surface area contributed by atoms with Gasteiger partial charge < -0.3 is 14.1 Å². The van der Waals surface area contributed by atoms with Crippen LogP contribution in [0.15, 0.2) is 29.0 Å². The van der Waals surface area contributed by atoms with Crippen LogP contribution >= 0.6 is 23.1 Å². The van der Waals surface area contributed by atoms with Gasteiger partial charge >= 0.3 is 0 Å². The molecule has 7 heteroatoms. The number of carbonyl (C=O) groups excluding carboxylic acids is 1. The zero-order chi connectivity index (χ0) is 14.9. The minimum atomic E-state index is 0.0903. The van der Waals surface area contributed by atoms with E-state index in [9.17, 15) is 4.79 Å². The molecule has 0 aliphatic carbocycles. The molecule has 22 heavy (non-hydrogen) atoms. The quantitative estimate of drug-likeness (QED) is 0.844. The van der Waals surface area contributed by atoms with E-state index in [1.807, 2.05) is 28.8 Å². The number of aromatic nitrogens is 1. The highest BCUT2D eigenvalue weighted by atomic mass is 32.2. The first-order valence-electron chi connectivity index (χ1n) is 7.33. The minimum absolute atomic E-state index is 0.0903. The molecule has 0 aromatic carbocycles. The minimum Gasteiger partial charge on any atom is -0.462 e. The molecule has 2 aromatic heterocycles. The molecule has 0 bridgehead atoms. The van der Waals surface area contributed by atoms with Crippen molar-refractivity contribution in [3.05, 3.63) is 29.5 Å². The maximum Gasteiger partial charge on any atom is 0.265 e. The second kappa shape index (κ2) is 6.06. The van der Waals surface area contributed by atoms with E-state index in [4.69, 9.17) is 9.15 Å². The normalized spacial score (nSPS) is 25.0. The van der Waals surface area contributed by atoms with Gasteiger partial charge in [-0.25, -0.2) is 4.98 Å². The van der Waals surface area contributed by atoms with Crippen molar-refractivity contribution in [2.45, 2.75) is 17.7 Å². The van der Waals surface area contributed by atoms with Crippen LogP contribution < -0.4 is 0 Å². The van der Waals surface area contributed by atoms with Crippen molar-refractivity contribution in [3.8, 4) is 10.8 Å². The highest BCUT2D eigenvalue weighted by Crippen LogP contribution is 2.33. The number of ether oxygens (including phenoxy) is 1. The van der Waals surface area contributed by atoms with Crippen molar-refractivity contribution in [2.75, 3.05) is 25.5 Å². The topological polar surface area (TPSA) is 55.6 Å². The Bertz CT molecular complexity index is 654. The number of nitrogens with zero attached hydrogens (tertiary/aromatic N) is 2. The lowest BCUT2D eigenvalue weighted by Crippen LogP contribution is -2.54. The molecule has 116 valence electrons. The highest BCUT2D eigenvalue weighted by Gasteiger charge is 2.37. The maximum absolute atomic E-state index is 12.9. The fraction of sp³-hybridized carbons (Fsp3) is 0.467. The van der Waals surface area contributed by atoms with Crippen LogP contribution in [0.2, 0.25) is 0 Å². The molecule has 2 fully saturated rings. The van der Waals surface area contributed by atoms with Gasteiger partial charge in [0.1, 0.15) is 4.88 Å². The number of thiazole rings is 1. The van der Waals surface area contributed by atoms with Gasteiger partial charge in [-0.15, -0.1) is 11.3 Å². The van der Waals surface area contributed by atoms with E-state index in [-0.39, 0.29) is 11.9 Å². The fourth-order valence-corrected chi connectivity index (χ4v) is 5.11. The van der Waals surface area contributed by atoms with Gasteiger partial charge in [-0.05, 0) is 18.6 Å². The monoisotopic (exact) mass is 336 g/mol. The van der Waals surface area contributed by atoms with Crippen molar-refractivity contribution >= 4 is 29.0 Å². The molecular weight excluding hydrogens is 320 g/mol. The Morgan fingerprint density at radius 2 is 2.41 bits per heavy atom.